The van der Waals surface area contributed by atoms with Gasteiger partial charge in [0.25, 0.3) is 0 Å². The van der Waals surface area contributed by atoms with Gasteiger partial charge in [-0.25, -0.2) is 18.4 Å². The monoisotopic (exact) mass is 608 g/mol. The van der Waals surface area contributed by atoms with Gasteiger partial charge in [0.2, 0.25) is 0 Å². The fraction of sp³-hybridized carbons (Fsp3) is 0.314. The van der Waals surface area contributed by atoms with E-state index in [2.05, 4.69) is 82.9 Å². The van der Waals surface area contributed by atoms with Crippen LogP contribution in [0.1, 0.15) is 25.1 Å². The molecule has 0 saturated carbocycles. The fourth-order valence-electron chi connectivity index (χ4n) is 6.06. The number of anilines is 3. The molecule has 6 rings (SSSR count). The molecule has 0 unspecified atom stereocenters. The third kappa shape index (κ3) is 6.07. The Balaban J connectivity index is 1.40. The molecule has 5 aromatic rings. The first-order valence-corrected chi connectivity index (χ1v) is 17.0. The van der Waals surface area contributed by atoms with Gasteiger partial charge in [-0.15, -0.1) is 0 Å². The highest BCUT2D eigenvalue weighted by atomic mass is 32.2. The standard InChI is InChI=1S/C35H40N6O2S/c1-23(2)40-15-17-41(18-16-40)29-11-7-26(8-12-29)28-21-31(37-33-20-24(3)19-25(4)36-33)34-32(22-28)39(5)35(38-34)27-9-13-30(14-10-27)44(6,42)43/h7-14,19-23H,15-18H2,1-6H3,(H,36,37). The number of hydrogen-bond donors (Lipinski definition) is 1. The maximum absolute atomic E-state index is 12.0. The Kier molecular flexibility index (Phi) is 7.94. The minimum absolute atomic E-state index is 0.288. The van der Waals surface area contributed by atoms with Crippen LogP contribution in [0.25, 0.3) is 33.5 Å². The summed E-state index contributed by atoms with van der Waals surface area (Å²) in [5.74, 6) is 1.52. The van der Waals surface area contributed by atoms with Gasteiger partial charge >= 0.3 is 0 Å². The normalized spacial score (nSPS) is 14.5. The number of aryl methyl sites for hydroxylation is 3. The van der Waals surface area contributed by atoms with Crippen LogP contribution >= 0.6 is 0 Å². The number of pyridine rings is 1. The summed E-state index contributed by atoms with van der Waals surface area (Å²) in [4.78, 5) is 15.1. The van der Waals surface area contributed by atoms with Crippen molar-refractivity contribution in [3.05, 3.63) is 84.1 Å². The number of hydrogen-bond acceptors (Lipinski definition) is 7. The minimum atomic E-state index is -3.29. The fourth-order valence-corrected chi connectivity index (χ4v) is 6.69. The van der Waals surface area contributed by atoms with Crippen LogP contribution in [0, 0.1) is 13.8 Å². The molecule has 1 aliphatic heterocycles. The lowest BCUT2D eigenvalue weighted by Crippen LogP contribution is -2.48. The van der Waals surface area contributed by atoms with Gasteiger partial charge in [0.1, 0.15) is 17.2 Å². The number of fused-ring (bicyclic) bond motifs is 1. The number of rotatable bonds is 7. The number of aromatic nitrogens is 3. The van der Waals surface area contributed by atoms with E-state index in [1.807, 2.05) is 32.2 Å². The molecular formula is C35H40N6O2S. The van der Waals surface area contributed by atoms with E-state index in [1.54, 1.807) is 12.1 Å². The van der Waals surface area contributed by atoms with Crippen molar-refractivity contribution in [2.45, 2.75) is 38.6 Å². The molecule has 1 N–H and O–H groups in total. The molecule has 3 heterocycles. The molecule has 1 fully saturated rings. The Hall–Kier alpha value is -4.21. The Morgan fingerprint density at radius 2 is 1.45 bits per heavy atom. The minimum Gasteiger partial charge on any atom is -0.369 e. The summed E-state index contributed by atoms with van der Waals surface area (Å²) in [6, 6.07) is 24.7. The lowest BCUT2D eigenvalue weighted by Gasteiger charge is -2.38. The highest BCUT2D eigenvalue weighted by Gasteiger charge is 2.20. The number of sulfone groups is 1. The van der Waals surface area contributed by atoms with Gasteiger partial charge in [-0.1, -0.05) is 12.1 Å². The summed E-state index contributed by atoms with van der Waals surface area (Å²) in [6.07, 6.45) is 1.22. The van der Waals surface area contributed by atoms with Crippen molar-refractivity contribution >= 4 is 38.1 Å². The summed E-state index contributed by atoms with van der Waals surface area (Å²) in [5, 5.41) is 3.56. The zero-order valence-corrected chi connectivity index (χ0v) is 27.1. The Morgan fingerprint density at radius 1 is 0.795 bits per heavy atom. The summed E-state index contributed by atoms with van der Waals surface area (Å²) < 4.78 is 26.1. The largest absolute Gasteiger partial charge is 0.369 e. The molecule has 44 heavy (non-hydrogen) atoms. The Morgan fingerprint density at radius 3 is 2.07 bits per heavy atom. The molecule has 1 saturated heterocycles. The summed E-state index contributed by atoms with van der Waals surface area (Å²) in [5.41, 5.74) is 8.99. The number of nitrogens with one attached hydrogen (secondary N) is 1. The van der Waals surface area contributed by atoms with E-state index in [-0.39, 0.29) is 4.90 Å². The Labute approximate surface area is 260 Å². The van der Waals surface area contributed by atoms with E-state index in [0.717, 1.165) is 82.5 Å². The third-order valence-corrected chi connectivity index (χ3v) is 9.63. The van der Waals surface area contributed by atoms with E-state index in [4.69, 9.17) is 9.97 Å². The summed E-state index contributed by atoms with van der Waals surface area (Å²) >= 11 is 0. The van der Waals surface area contributed by atoms with E-state index in [9.17, 15) is 8.42 Å². The molecular weight excluding hydrogens is 568 g/mol. The summed E-state index contributed by atoms with van der Waals surface area (Å²) in [7, 11) is -1.29. The lowest BCUT2D eigenvalue weighted by atomic mass is 10.0. The first-order chi connectivity index (χ1) is 21.0. The number of piperazine rings is 1. The second-order valence-corrected chi connectivity index (χ2v) is 14.2. The van der Waals surface area contributed by atoms with E-state index >= 15 is 0 Å². The van der Waals surface area contributed by atoms with Crippen molar-refractivity contribution in [3.8, 4) is 22.5 Å². The molecule has 0 spiro atoms. The van der Waals surface area contributed by atoms with Gasteiger partial charge in [-0.05, 0) is 105 Å². The average Bonchev–Trinajstić information content (AvgIpc) is 3.33. The van der Waals surface area contributed by atoms with Gasteiger partial charge in [0, 0.05) is 62.5 Å². The average molecular weight is 609 g/mol. The first kappa shape index (κ1) is 29.8. The molecule has 8 nitrogen and oxygen atoms in total. The molecule has 0 bridgehead atoms. The van der Waals surface area contributed by atoms with Crippen molar-refractivity contribution < 1.29 is 8.42 Å². The van der Waals surface area contributed by atoms with E-state index in [1.165, 1.54) is 11.9 Å². The van der Waals surface area contributed by atoms with Crippen molar-refractivity contribution in [2.24, 2.45) is 7.05 Å². The maximum atomic E-state index is 12.0. The zero-order chi connectivity index (χ0) is 31.2. The molecule has 228 valence electrons. The van der Waals surface area contributed by atoms with Gasteiger partial charge in [-0.2, -0.15) is 0 Å². The van der Waals surface area contributed by atoms with Crippen LogP contribution < -0.4 is 10.2 Å². The summed E-state index contributed by atoms with van der Waals surface area (Å²) in [6.45, 7) is 12.8. The van der Waals surface area contributed by atoms with Crippen molar-refractivity contribution in [1.82, 2.24) is 19.4 Å². The van der Waals surface area contributed by atoms with E-state index in [0.29, 0.717) is 6.04 Å². The lowest BCUT2D eigenvalue weighted by molar-refractivity contribution is 0.209. The Bertz CT molecular complexity index is 1900. The topological polar surface area (TPSA) is 83.4 Å². The molecule has 0 radical (unpaired) electrons. The number of imidazole rings is 1. The van der Waals surface area contributed by atoms with Crippen LogP contribution in [0.2, 0.25) is 0 Å². The van der Waals surface area contributed by atoms with Crippen molar-refractivity contribution in [1.29, 1.82) is 0 Å². The molecule has 2 aromatic heterocycles. The van der Waals surface area contributed by atoms with Crippen LogP contribution in [-0.4, -0.2) is 66.3 Å². The molecule has 0 atom stereocenters. The molecule has 9 heteroatoms. The van der Waals surface area contributed by atoms with E-state index < -0.39 is 9.84 Å². The van der Waals surface area contributed by atoms with Crippen LogP contribution in [0.3, 0.4) is 0 Å². The number of nitrogens with zero attached hydrogens (tertiary/aromatic N) is 5. The third-order valence-electron chi connectivity index (χ3n) is 8.50. The zero-order valence-electron chi connectivity index (χ0n) is 26.3. The first-order valence-electron chi connectivity index (χ1n) is 15.1. The van der Waals surface area contributed by atoms with Crippen LogP contribution in [0.4, 0.5) is 17.2 Å². The molecule has 0 amide bonds. The van der Waals surface area contributed by atoms with Gasteiger partial charge in [0.05, 0.1) is 16.1 Å². The van der Waals surface area contributed by atoms with Crippen molar-refractivity contribution in [2.75, 3.05) is 42.7 Å². The quantitative estimate of drug-likeness (QED) is 0.223. The highest BCUT2D eigenvalue weighted by Crippen LogP contribution is 2.36. The smallest absolute Gasteiger partial charge is 0.175 e. The van der Waals surface area contributed by atoms with Crippen LogP contribution in [0.5, 0.6) is 0 Å². The maximum Gasteiger partial charge on any atom is 0.175 e. The number of benzene rings is 3. The highest BCUT2D eigenvalue weighted by molar-refractivity contribution is 7.90. The van der Waals surface area contributed by atoms with Crippen LogP contribution in [0.15, 0.2) is 77.7 Å². The predicted octanol–water partition coefficient (Wildman–Crippen LogP) is 6.60. The molecule has 1 aliphatic rings. The SMILES string of the molecule is Cc1cc(C)nc(Nc2cc(-c3ccc(N4CCN(C(C)C)CC4)cc3)cc3c2nc(-c2ccc(S(C)(=O)=O)cc2)n3C)c1. The second-order valence-electron chi connectivity index (χ2n) is 12.1. The van der Waals surface area contributed by atoms with Gasteiger partial charge in [-0.3, -0.25) is 4.90 Å². The van der Waals surface area contributed by atoms with Gasteiger partial charge < -0.3 is 14.8 Å². The molecule has 3 aromatic carbocycles. The van der Waals surface area contributed by atoms with Crippen molar-refractivity contribution in [3.63, 3.8) is 0 Å². The van der Waals surface area contributed by atoms with Gasteiger partial charge in [0.15, 0.2) is 9.84 Å². The van der Waals surface area contributed by atoms with Crippen LogP contribution in [-0.2, 0) is 16.9 Å². The predicted molar refractivity (Wildman–Crippen MR) is 181 cm³/mol. The molecule has 0 aliphatic carbocycles. The second kappa shape index (κ2) is 11.7.